The van der Waals surface area contributed by atoms with Gasteiger partial charge in [-0.15, -0.1) is 0 Å². The van der Waals surface area contributed by atoms with Gasteiger partial charge in [0.1, 0.15) is 11.4 Å². The summed E-state index contributed by atoms with van der Waals surface area (Å²) in [6, 6.07) is 3.66. The summed E-state index contributed by atoms with van der Waals surface area (Å²) >= 11 is 5.68. The van der Waals surface area contributed by atoms with Gasteiger partial charge in [-0.3, -0.25) is 4.79 Å². The number of rotatable bonds is 3. The normalized spacial score (nSPS) is 11.0. The molecule has 0 heterocycles. The van der Waals surface area contributed by atoms with Crippen LogP contribution < -0.4 is 5.32 Å². The Hall–Kier alpha value is -1.62. The van der Waals surface area contributed by atoms with Crippen molar-refractivity contribution in [3.8, 4) is 0 Å². The molecule has 1 amide bonds. The van der Waals surface area contributed by atoms with Crippen molar-refractivity contribution >= 4 is 23.5 Å². The van der Waals surface area contributed by atoms with Crippen molar-refractivity contribution in [2.24, 2.45) is 0 Å². The summed E-state index contributed by atoms with van der Waals surface area (Å²) in [5.74, 6) is -1.26. The first-order valence-corrected chi connectivity index (χ1v) is 6.02. The average molecular weight is 288 g/mol. The average Bonchev–Trinajstić information content (AvgIpc) is 2.27. The molecule has 0 atom stereocenters. The lowest BCUT2D eigenvalue weighted by Gasteiger charge is -2.19. The maximum Gasteiger partial charge on any atom is 0.408 e. The van der Waals surface area contributed by atoms with E-state index in [1.54, 1.807) is 20.8 Å². The molecule has 1 aromatic carbocycles. The Labute approximate surface area is 115 Å². The van der Waals surface area contributed by atoms with E-state index in [4.69, 9.17) is 16.3 Å². The predicted octanol–water partition coefficient (Wildman–Crippen LogP) is 3.19. The number of nitrogens with one attached hydrogen (secondary N) is 1. The Morgan fingerprint density at radius 1 is 1.37 bits per heavy atom. The van der Waals surface area contributed by atoms with Crippen molar-refractivity contribution in [3.63, 3.8) is 0 Å². The molecule has 0 unspecified atom stereocenters. The third-order valence-electron chi connectivity index (χ3n) is 2.02. The molecule has 1 N–H and O–H groups in total. The van der Waals surface area contributed by atoms with Crippen LogP contribution in [0.3, 0.4) is 0 Å². The maximum atomic E-state index is 13.4. The first kappa shape index (κ1) is 15.4. The van der Waals surface area contributed by atoms with E-state index in [0.29, 0.717) is 0 Å². The fourth-order valence-electron chi connectivity index (χ4n) is 1.27. The lowest BCUT2D eigenvalue weighted by molar-refractivity contribution is 0.0520. The van der Waals surface area contributed by atoms with Gasteiger partial charge in [-0.1, -0.05) is 11.6 Å². The molecule has 0 radical (unpaired) electrons. The SMILES string of the molecule is CC(C)(C)OC(=O)NCC(=O)c1cc(Cl)ccc1F. The fourth-order valence-corrected chi connectivity index (χ4v) is 1.45. The standard InChI is InChI=1S/C13H15ClFNO3/c1-13(2,3)19-12(18)16-7-11(17)9-6-8(14)4-5-10(9)15/h4-6H,7H2,1-3H3,(H,16,18). The summed E-state index contributed by atoms with van der Waals surface area (Å²) in [6.45, 7) is 4.74. The summed E-state index contributed by atoms with van der Waals surface area (Å²) in [6.07, 6.45) is -0.733. The number of carbonyl (C=O) groups excluding carboxylic acids is 2. The van der Waals surface area contributed by atoms with Crippen molar-refractivity contribution in [2.75, 3.05) is 6.54 Å². The Balaban J connectivity index is 2.61. The number of amides is 1. The zero-order valence-corrected chi connectivity index (χ0v) is 11.7. The molecule has 0 saturated heterocycles. The Morgan fingerprint density at radius 2 is 2.00 bits per heavy atom. The number of carbonyl (C=O) groups is 2. The lowest BCUT2D eigenvalue weighted by Crippen LogP contribution is -2.35. The lowest BCUT2D eigenvalue weighted by atomic mass is 10.1. The van der Waals surface area contributed by atoms with Crippen LogP contribution in [0.5, 0.6) is 0 Å². The molecule has 4 nitrogen and oxygen atoms in total. The number of alkyl carbamates (subject to hydrolysis) is 1. The monoisotopic (exact) mass is 287 g/mol. The molecule has 6 heteroatoms. The number of hydrogen-bond acceptors (Lipinski definition) is 3. The second kappa shape index (κ2) is 6.02. The van der Waals surface area contributed by atoms with Gasteiger partial charge < -0.3 is 10.1 Å². The molecule has 0 aliphatic rings. The number of benzene rings is 1. The molecule has 1 rings (SSSR count). The van der Waals surface area contributed by atoms with E-state index >= 15 is 0 Å². The van der Waals surface area contributed by atoms with Crippen molar-refractivity contribution in [2.45, 2.75) is 26.4 Å². The van der Waals surface area contributed by atoms with Crippen LogP contribution in [0.2, 0.25) is 5.02 Å². The third-order valence-corrected chi connectivity index (χ3v) is 2.26. The van der Waals surface area contributed by atoms with Crippen LogP contribution in [-0.4, -0.2) is 24.0 Å². The van der Waals surface area contributed by atoms with E-state index in [0.717, 1.165) is 6.07 Å². The topological polar surface area (TPSA) is 55.4 Å². The second-order valence-electron chi connectivity index (χ2n) is 4.90. The van der Waals surface area contributed by atoms with Crippen LogP contribution in [0, 0.1) is 5.82 Å². The maximum absolute atomic E-state index is 13.4. The van der Waals surface area contributed by atoms with E-state index in [9.17, 15) is 14.0 Å². The van der Waals surface area contributed by atoms with Crippen LogP contribution in [0.4, 0.5) is 9.18 Å². The quantitative estimate of drug-likeness (QED) is 0.869. The Morgan fingerprint density at radius 3 is 2.58 bits per heavy atom. The minimum atomic E-state index is -0.733. The zero-order valence-electron chi connectivity index (χ0n) is 10.9. The number of Topliss-reactive ketones (excluding diaryl/α,β-unsaturated/α-hetero) is 1. The minimum absolute atomic E-state index is 0.163. The molecule has 0 aliphatic carbocycles. The predicted molar refractivity (Wildman–Crippen MR) is 70.0 cm³/mol. The number of hydrogen-bond donors (Lipinski definition) is 1. The van der Waals surface area contributed by atoms with Gasteiger partial charge in [0.05, 0.1) is 12.1 Å². The van der Waals surface area contributed by atoms with E-state index in [1.165, 1.54) is 12.1 Å². The molecule has 19 heavy (non-hydrogen) atoms. The van der Waals surface area contributed by atoms with Crippen LogP contribution >= 0.6 is 11.6 Å². The molecule has 104 valence electrons. The van der Waals surface area contributed by atoms with E-state index in [1.807, 2.05) is 0 Å². The summed E-state index contributed by atoms with van der Waals surface area (Å²) in [5, 5.41) is 2.52. The highest BCUT2D eigenvalue weighted by molar-refractivity contribution is 6.31. The molecule has 0 fully saturated rings. The van der Waals surface area contributed by atoms with Gasteiger partial charge in [-0.2, -0.15) is 0 Å². The van der Waals surface area contributed by atoms with Gasteiger partial charge in [0.2, 0.25) is 0 Å². The van der Waals surface area contributed by atoms with E-state index < -0.39 is 23.3 Å². The van der Waals surface area contributed by atoms with Gasteiger partial charge >= 0.3 is 6.09 Å². The second-order valence-corrected chi connectivity index (χ2v) is 5.34. The van der Waals surface area contributed by atoms with Crippen molar-refractivity contribution in [1.29, 1.82) is 0 Å². The van der Waals surface area contributed by atoms with Crippen LogP contribution in [-0.2, 0) is 4.74 Å². The van der Waals surface area contributed by atoms with Crippen LogP contribution in [0.15, 0.2) is 18.2 Å². The van der Waals surface area contributed by atoms with Gasteiger partial charge in [0, 0.05) is 5.02 Å². The van der Waals surface area contributed by atoms with E-state index in [2.05, 4.69) is 5.32 Å². The van der Waals surface area contributed by atoms with Crippen molar-refractivity contribution < 1.29 is 18.7 Å². The molecule has 1 aromatic rings. The largest absolute Gasteiger partial charge is 0.444 e. The highest BCUT2D eigenvalue weighted by Gasteiger charge is 2.18. The summed E-state index contributed by atoms with van der Waals surface area (Å²) < 4.78 is 18.3. The molecule has 0 saturated carbocycles. The van der Waals surface area contributed by atoms with Gasteiger partial charge in [-0.25, -0.2) is 9.18 Å². The highest BCUT2D eigenvalue weighted by atomic mass is 35.5. The molecular formula is C13H15ClFNO3. The molecule has 0 aliphatic heterocycles. The molecule has 0 bridgehead atoms. The molecular weight excluding hydrogens is 273 g/mol. The van der Waals surface area contributed by atoms with Crippen LogP contribution in [0.1, 0.15) is 31.1 Å². The van der Waals surface area contributed by atoms with Crippen molar-refractivity contribution in [3.05, 3.63) is 34.6 Å². The first-order valence-electron chi connectivity index (χ1n) is 5.64. The number of ketones is 1. The summed E-state index contributed by atoms with van der Waals surface area (Å²) in [4.78, 5) is 23.1. The van der Waals surface area contributed by atoms with E-state index in [-0.39, 0.29) is 17.1 Å². The van der Waals surface area contributed by atoms with Gasteiger partial charge in [0.15, 0.2) is 5.78 Å². The number of halogens is 2. The first-order chi connectivity index (χ1) is 8.69. The Bertz CT molecular complexity index is 497. The van der Waals surface area contributed by atoms with Crippen LogP contribution in [0.25, 0.3) is 0 Å². The smallest absolute Gasteiger partial charge is 0.408 e. The minimum Gasteiger partial charge on any atom is -0.444 e. The zero-order chi connectivity index (χ0) is 14.6. The fraction of sp³-hybridized carbons (Fsp3) is 0.385. The highest BCUT2D eigenvalue weighted by Crippen LogP contribution is 2.15. The number of ether oxygens (including phenoxy) is 1. The van der Waals surface area contributed by atoms with Crippen molar-refractivity contribution in [1.82, 2.24) is 5.32 Å². The van der Waals surface area contributed by atoms with Gasteiger partial charge in [0.25, 0.3) is 0 Å². The van der Waals surface area contributed by atoms with Gasteiger partial charge in [-0.05, 0) is 39.0 Å². The summed E-state index contributed by atoms with van der Waals surface area (Å²) in [7, 11) is 0. The Kier molecular flexibility index (Phi) is 4.89. The third kappa shape index (κ3) is 5.26. The molecule has 0 aromatic heterocycles. The summed E-state index contributed by atoms with van der Waals surface area (Å²) in [5.41, 5.74) is -0.822. The molecule has 0 spiro atoms.